The molecule has 2 aliphatic rings. The van der Waals surface area contributed by atoms with E-state index in [0.717, 1.165) is 18.4 Å². The molecule has 182 valence electrons. The number of hydrogen-bond donors (Lipinski definition) is 1. The summed E-state index contributed by atoms with van der Waals surface area (Å²) in [7, 11) is 1.54. The van der Waals surface area contributed by atoms with Gasteiger partial charge in [0.15, 0.2) is 0 Å². The number of methoxy groups -OCH3 is 1. The van der Waals surface area contributed by atoms with Crippen LogP contribution >= 0.6 is 0 Å². The minimum absolute atomic E-state index is 0.0175. The molecule has 0 aliphatic carbocycles. The lowest BCUT2D eigenvalue weighted by atomic mass is 9.84. The summed E-state index contributed by atoms with van der Waals surface area (Å²) in [5.41, 5.74) is 0.981. The smallest absolute Gasteiger partial charge is 0.222 e. The molecule has 2 saturated heterocycles. The normalized spacial score (nSPS) is 22.5. The molecule has 7 heteroatoms. The first-order valence-corrected chi connectivity index (χ1v) is 12.0. The highest BCUT2D eigenvalue weighted by molar-refractivity contribution is 5.80. The third-order valence-corrected chi connectivity index (χ3v) is 6.89. The van der Waals surface area contributed by atoms with E-state index in [-0.39, 0.29) is 23.7 Å². The fourth-order valence-electron chi connectivity index (χ4n) is 4.95. The number of benzene rings is 2. The quantitative estimate of drug-likeness (QED) is 0.604. The lowest BCUT2D eigenvalue weighted by Crippen LogP contribution is -2.47. The molecular formula is C27H33FN2O4. The van der Waals surface area contributed by atoms with Crippen LogP contribution in [0.3, 0.4) is 0 Å². The van der Waals surface area contributed by atoms with Crippen molar-refractivity contribution < 1.29 is 23.5 Å². The Bertz CT molecular complexity index is 999. The summed E-state index contributed by atoms with van der Waals surface area (Å²) in [6.07, 6.45) is 3.93. The Morgan fingerprint density at radius 3 is 2.79 bits per heavy atom. The SMILES string of the molecule is COc1ccc(F)c(C[C@@]2(CCC(=O)N3CCC[C@H](OCc4ccccc4)C3)CCC(=O)N2)c1. The van der Waals surface area contributed by atoms with Crippen molar-refractivity contribution in [3.05, 3.63) is 65.5 Å². The van der Waals surface area contributed by atoms with Crippen molar-refractivity contribution in [3.63, 3.8) is 0 Å². The molecule has 2 heterocycles. The topological polar surface area (TPSA) is 67.9 Å². The van der Waals surface area contributed by atoms with Gasteiger partial charge in [0.2, 0.25) is 11.8 Å². The number of ether oxygens (including phenoxy) is 2. The standard InChI is InChI=1S/C27H33FN2O4/c1-33-22-9-10-24(28)21(16-22)17-27(13-11-25(31)29-27)14-12-26(32)30-15-5-8-23(18-30)34-19-20-6-3-2-4-7-20/h2-4,6-7,9-10,16,23H,5,8,11-15,17-19H2,1H3,(H,29,31)/t23-,27-/m0/s1. The van der Waals surface area contributed by atoms with E-state index in [1.807, 2.05) is 35.2 Å². The Morgan fingerprint density at radius 1 is 1.24 bits per heavy atom. The van der Waals surface area contributed by atoms with Crippen molar-refractivity contribution >= 4 is 11.8 Å². The number of nitrogens with zero attached hydrogens (tertiary/aromatic N) is 1. The van der Waals surface area contributed by atoms with E-state index in [4.69, 9.17) is 9.47 Å². The summed E-state index contributed by atoms with van der Waals surface area (Å²) >= 11 is 0. The molecule has 2 aliphatic heterocycles. The monoisotopic (exact) mass is 468 g/mol. The maximum atomic E-state index is 14.5. The summed E-state index contributed by atoms with van der Waals surface area (Å²) in [6, 6.07) is 14.7. The third kappa shape index (κ3) is 6.14. The van der Waals surface area contributed by atoms with Gasteiger partial charge in [-0.3, -0.25) is 9.59 Å². The molecule has 2 fully saturated rings. The van der Waals surface area contributed by atoms with Crippen LogP contribution in [-0.4, -0.2) is 48.6 Å². The van der Waals surface area contributed by atoms with Gasteiger partial charge in [-0.15, -0.1) is 0 Å². The number of hydrogen-bond acceptors (Lipinski definition) is 4. The lowest BCUT2D eigenvalue weighted by molar-refractivity contribution is -0.136. The molecule has 4 rings (SSSR count). The number of halogens is 1. The maximum absolute atomic E-state index is 14.5. The molecule has 0 radical (unpaired) electrons. The first-order chi connectivity index (χ1) is 16.5. The Hall–Kier alpha value is -2.93. The van der Waals surface area contributed by atoms with Crippen molar-refractivity contribution in [2.24, 2.45) is 0 Å². The van der Waals surface area contributed by atoms with Crippen molar-refractivity contribution in [3.8, 4) is 5.75 Å². The highest BCUT2D eigenvalue weighted by Crippen LogP contribution is 2.32. The van der Waals surface area contributed by atoms with Crippen LogP contribution in [0.2, 0.25) is 0 Å². The van der Waals surface area contributed by atoms with Gasteiger partial charge in [-0.25, -0.2) is 4.39 Å². The van der Waals surface area contributed by atoms with Gasteiger partial charge in [-0.05, 0) is 61.4 Å². The van der Waals surface area contributed by atoms with Crippen LogP contribution in [0, 0.1) is 5.82 Å². The number of likely N-dealkylation sites (tertiary alicyclic amines) is 1. The molecule has 2 amide bonds. The van der Waals surface area contributed by atoms with Crippen LogP contribution in [0.25, 0.3) is 0 Å². The molecule has 0 spiro atoms. The first-order valence-electron chi connectivity index (χ1n) is 12.0. The highest BCUT2D eigenvalue weighted by atomic mass is 19.1. The molecule has 2 atom stereocenters. The van der Waals surface area contributed by atoms with E-state index < -0.39 is 5.54 Å². The van der Waals surface area contributed by atoms with E-state index >= 15 is 0 Å². The molecular weight excluding hydrogens is 435 g/mol. The van der Waals surface area contributed by atoms with Crippen LogP contribution in [0.4, 0.5) is 4.39 Å². The largest absolute Gasteiger partial charge is 0.497 e. The Labute approximate surface area is 200 Å². The lowest BCUT2D eigenvalue weighted by Gasteiger charge is -2.34. The predicted octanol–water partition coefficient (Wildman–Crippen LogP) is 4.01. The summed E-state index contributed by atoms with van der Waals surface area (Å²) in [5, 5.41) is 3.04. The minimum Gasteiger partial charge on any atom is -0.497 e. The first kappa shape index (κ1) is 24.2. The van der Waals surface area contributed by atoms with E-state index in [9.17, 15) is 14.0 Å². The van der Waals surface area contributed by atoms with E-state index in [1.54, 1.807) is 12.1 Å². The number of rotatable bonds is 9. The summed E-state index contributed by atoms with van der Waals surface area (Å²) < 4.78 is 25.8. The molecule has 0 unspecified atom stereocenters. The van der Waals surface area contributed by atoms with Gasteiger partial charge in [0.05, 0.1) is 19.8 Å². The third-order valence-electron chi connectivity index (χ3n) is 6.89. The van der Waals surface area contributed by atoms with Gasteiger partial charge in [0.25, 0.3) is 0 Å². The van der Waals surface area contributed by atoms with E-state index in [2.05, 4.69) is 5.32 Å². The number of nitrogens with one attached hydrogen (secondary N) is 1. The second-order valence-electron chi connectivity index (χ2n) is 9.36. The van der Waals surface area contributed by atoms with Gasteiger partial charge in [0, 0.05) is 31.5 Å². The Balaban J connectivity index is 1.35. The average molecular weight is 469 g/mol. The molecule has 6 nitrogen and oxygen atoms in total. The zero-order valence-electron chi connectivity index (χ0n) is 19.7. The maximum Gasteiger partial charge on any atom is 0.222 e. The van der Waals surface area contributed by atoms with Gasteiger partial charge >= 0.3 is 0 Å². The van der Waals surface area contributed by atoms with Crippen molar-refractivity contribution in [2.45, 2.75) is 63.2 Å². The zero-order chi connectivity index (χ0) is 24.0. The van der Waals surface area contributed by atoms with E-state index in [1.165, 1.54) is 13.2 Å². The Kier molecular flexibility index (Phi) is 7.83. The van der Waals surface area contributed by atoms with Crippen LogP contribution in [0.1, 0.15) is 49.7 Å². The molecule has 34 heavy (non-hydrogen) atoms. The second-order valence-corrected chi connectivity index (χ2v) is 9.36. The Morgan fingerprint density at radius 2 is 2.06 bits per heavy atom. The minimum atomic E-state index is -0.626. The van der Waals surface area contributed by atoms with E-state index in [0.29, 0.717) is 63.1 Å². The summed E-state index contributed by atoms with van der Waals surface area (Å²) in [5.74, 6) is 0.242. The summed E-state index contributed by atoms with van der Waals surface area (Å²) in [4.78, 5) is 27.0. The van der Waals surface area contributed by atoms with Crippen molar-refractivity contribution in [1.82, 2.24) is 10.2 Å². The molecule has 0 saturated carbocycles. The molecule has 2 aromatic carbocycles. The van der Waals surface area contributed by atoms with Gasteiger partial charge in [-0.1, -0.05) is 30.3 Å². The van der Waals surface area contributed by atoms with Crippen LogP contribution in [0.5, 0.6) is 5.75 Å². The van der Waals surface area contributed by atoms with Crippen LogP contribution < -0.4 is 10.1 Å². The molecule has 0 bridgehead atoms. The number of carbonyl (C=O) groups is 2. The van der Waals surface area contributed by atoms with Crippen LogP contribution in [0.15, 0.2) is 48.5 Å². The van der Waals surface area contributed by atoms with Gasteiger partial charge in [0.1, 0.15) is 11.6 Å². The zero-order valence-corrected chi connectivity index (χ0v) is 19.7. The fraction of sp³-hybridized carbons (Fsp3) is 0.481. The fourth-order valence-corrected chi connectivity index (χ4v) is 4.95. The number of carbonyl (C=O) groups excluding carboxylic acids is 2. The molecule has 1 N–H and O–H groups in total. The van der Waals surface area contributed by atoms with Crippen molar-refractivity contribution in [1.29, 1.82) is 0 Å². The van der Waals surface area contributed by atoms with Crippen LogP contribution in [-0.2, 0) is 27.4 Å². The molecule has 2 aromatic rings. The molecule has 0 aromatic heterocycles. The predicted molar refractivity (Wildman–Crippen MR) is 127 cm³/mol. The number of amides is 2. The van der Waals surface area contributed by atoms with Gasteiger partial charge in [-0.2, -0.15) is 0 Å². The average Bonchev–Trinajstić information content (AvgIpc) is 3.24. The second kappa shape index (κ2) is 11.0. The number of piperidine rings is 1. The van der Waals surface area contributed by atoms with Gasteiger partial charge < -0.3 is 19.7 Å². The summed E-state index contributed by atoms with van der Waals surface area (Å²) in [6.45, 7) is 1.83. The van der Waals surface area contributed by atoms with Crippen molar-refractivity contribution in [2.75, 3.05) is 20.2 Å². The highest BCUT2D eigenvalue weighted by Gasteiger charge is 2.39.